The fourth-order valence-corrected chi connectivity index (χ4v) is 2.99. The van der Waals surface area contributed by atoms with E-state index in [4.69, 9.17) is 10.5 Å². The first kappa shape index (κ1) is 14.3. The van der Waals surface area contributed by atoms with E-state index in [-0.39, 0.29) is 18.0 Å². The number of ether oxygens (including phenoxy) is 1. The van der Waals surface area contributed by atoms with Crippen LogP contribution in [0.3, 0.4) is 0 Å². The molecule has 0 radical (unpaired) electrons. The second-order valence-electron chi connectivity index (χ2n) is 4.87. The number of rotatable bonds is 4. The van der Waals surface area contributed by atoms with Crippen molar-refractivity contribution in [2.24, 2.45) is 0 Å². The number of sulfonamides is 1. The molecule has 0 aromatic heterocycles. The quantitative estimate of drug-likeness (QED) is 0.677. The minimum atomic E-state index is -3.67. The minimum Gasteiger partial charge on any atom is -0.398 e. The molecule has 1 saturated heterocycles. The molecule has 1 fully saturated rings. The standard InChI is InChI=1S/C12H18N2O4S/c1-9-2-3-10(6-11(9)13)19(16,17)14-7-12(15)4-5-18-8-12/h2-3,6,14-15H,4-5,7-8,13H2,1H3. The highest BCUT2D eigenvalue weighted by Gasteiger charge is 2.33. The molecule has 7 heteroatoms. The van der Waals surface area contributed by atoms with E-state index < -0.39 is 15.6 Å². The smallest absolute Gasteiger partial charge is 0.240 e. The third-order valence-corrected chi connectivity index (χ3v) is 4.63. The third kappa shape index (κ3) is 3.24. The van der Waals surface area contributed by atoms with Gasteiger partial charge >= 0.3 is 0 Å². The van der Waals surface area contributed by atoms with E-state index in [0.29, 0.717) is 18.7 Å². The molecule has 6 nitrogen and oxygen atoms in total. The molecule has 1 aromatic rings. The molecule has 0 aliphatic carbocycles. The lowest BCUT2D eigenvalue weighted by Crippen LogP contribution is -2.43. The van der Waals surface area contributed by atoms with Gasteiger partial charge in [0.2, 0.25) is 10.0 Å². The van der Waals surface area contributed by atoms with E-state index in [2.05, 4.69) is 4.72 Å². The molecule has 1 atom stereocenters. The summed E-state index contributed by atoms with van der Waals surface area (Å²) in [4.78, 5) is 0.0955. The molecule has 0 amide bonds. The summed E-state index contributed by atoms with van der Waals surface area (Å²) in [6.45, 7) is 2.32. The summed E-state index contributed by atoms with van der Waals surface area (Å²) in [7, 11) is -3.67. The number of hydrogen-bond donors (Lipinski definition) is 3. The number of nitrogen functional groups attached to an aromatic ring is 1. The first-order chi connectivity index (χ1) is 8.82. The second-order valence-corrected chi connectivity index (χ2v) is 6.64. The Bertz CT molecular complexity index is 565. The van der Waals surface area contributed by atoms with Crippen LogP contribution in [0.25, 0.3) is 0 Å². The van der Waals surface area contributed by atoms with Crippen molar-refractivity contribution in [3.05, 3.63) is 23.8 Å². The van der Waals surface area contributed by atoms with E-state index in [0.717, 1.165) is 5.56 Å². The number of benzene rings is 1. The van der Waals surface area contributed by atoms with E-state index in [1.807, 2.05) is 0 Å². The Morgan fingerprint density at radius 2 is 2.26 bits per heavy atom. The molecule has 4 N–H and O–H groups in total. The Morgan fingerprint density at radius 3 is 2.84 bits per heavy atom. The normalized spacial score (nSPS) is 23.7. The van der Waals surface area contributed by atoms with Crippen molar-refractivity contribution < 1.29 is 18.3 Å². The van der Waals surface area contributed by atoms with Crippen LogP contribution in [0.2, 0.25) is 0 Å². The van der Waals surface area contributed by atoms with Gasteiger partial charge in [-0.05, 0) is 24.6 Å². The number of hydrogen-bond acceptors (Lipinski definition) is 5. The topological polar surface area (TPSA) is 102 Å². The molecule has 1 aromatic carbocycles. The summed E-state index contributed by atoms with van der Waals surface area (Å²) in [6.07, 6.45) is 0.422. The fourth-order valence-electron chi connectivity index (χ4n) is 1.83. The Morgan fingerprint density at radius 1 is 1.53 bits per heavy atom. The lowest BCUT2D eigenvalue weighted by atomic mass is 10.1. The Labute approximate surface area is 112 Å². The van der Waals surface area contributed by atoms with Crippen LogP contribution in [0.5, 0.6) is 0 Å². The zero-order valence-electron chi connectivity index (χ0n) is 10.7. The van der Waals surface area contributed by atoms with Crippen LogP contribution in [-0.4, -0.2) is 38.9 Å². The van der Waals surface area contributed by atoms with Gasteiger partial charge in [-0.2, -0.15) is 0 Å². The van der Waals surface area contributed by atoms with Crippen molar-refractivity contribution in [1.29, 1.82) is 0 Å². The number of nitrogens with two attached hydrogens (primary N) is 1. The summed E-state index contributed by atoms with van der Waals surface area (Å²) >= 11 is 0. The number of nitrogens with one attached hydrogen (secondary N) is 1. The van der Waals surface area contributed by atoms with Gasteiger partial charge in [0.1, 0.15) is 5.60 Å². The van der Waals surface area contributed by atoms with Crippen molar-refractivity contribution in [2.45, 2.75) is 23.8 Å². The van der Waals surface area contributed by atoms with Gasteiger partial charge in [-0.15, -0.1) is 0 Å². The predicted molar refractivity (Wildman–Crippen MR) is 71.2 cm³/mol. The third-order valence-electron chi connectivity index (χ3n) is 3.23. The van der Waals surface area contributed by atoms with E-state index in [9.17, 15) is 13.5 Å². The highest BCUT2D eigenvalue weighted by molar-refractivity contribution is 7.89. The van der Waals surface area contributed by atoms with Crippen LogP contribution in [0.15, 0.2) is 23.1 Å². The highest BCUT2D eigenvalue weighted by atomic mass is 32.2. The monoisotopic (exact) mass is 286 g/mol. The van der Waals surface area contributed by atoms with E-state index in [1.54, 1.807) is 13.0 Å². The highest BCUT2D eigenvalue weighted by Crippen LogP contribution is 2.20. The average molecular weight is 286 g/mol. The summed E-state index contributed by atoms with van der Waals surface area (Å²) in [5.74, 6) is 0. The maximum absolute atomic E-state index is 12.1. The summed E-state index contributed by atoms with van der Waals surface area (Å²) in [6, 6.07) is 4.55. The van der Waals surface area contributed by atoms with Crippen LogP contribution in [-0.2, 0) is 14.8 Å². The predicted octanol–water partition coefficient (Wildman–Crippen LogP) is 0.00692. The van der Waals surface area contributed by atoms with Gasteiger partial charge in [0.25, 0.3) is 0 Å². The van der Waals surface area contributed by atoms with Gasteiger partial charge in [-0.1, -0.05) is 6.07 Å². The molecule has 1 heterocycles. The van der Waals surface area contributed by atoms with Crippen molar-refractivity contribution in [2.75, 3.05) is 25.5 Å². The first-order valence-electron chi connectivity index (χ1n) is 5.98. The number of anilines is 1. The van der Waals surface area contributed by atoms with Crippen molar-refractivity contribution in [1.82, 2.24) is 4.72 Å². The van der Waals surface area contributed by atoms with Crippen LogP contribution in [0.1, 0.15) is 12.0 Å². The second kappa shape index (κ2) is 5.09. The van der Waals surface area contributed by atoms with Crippen LogP contribution in [0.4, 0.5) is 5.69 Å². The molecule has 0 saturated carbocycles. The molecular formula is C12H18N2O4S. The zero-order valence-corrected chi connectivity index (χ0v) is 11.5. The molecule has 1 unspecified atom stereocenters. The first-order valence-corrected chi connectivity index (χ1v) is 7.47. The van der Waals surface area contributed by atoms with Gasteiger partial charge in [0.15, 0.2) is 0 Å². The molecule has 0 spiro atoms. The number of aryl methyl sites for hydroxylation is 1. The molecular weight excluding hydrogens is 268 g/mol. The van der Waals surface area contributed by atoms with Gasteiger partial charge in [0.05, 0.1) is 11.5 Å². The van der Waals surface area contributed by atoms with Crippen molar-refractivity contribution >= 4 is 15.7 Å². The summed E-state index contributed by atoms with van der Waals surface area (Å²) in [5, 5.41) is 10.0. The zero-order chi connectivity index (χ0) is 14.1. The van der Waals surface area contributed by atoms with Gasteiger partial charge < -0.3 is 15.6 Å². The summed E-state index contributed by atoms with van der Waals surface area (Å²) in [5.41, 5.74) is 5.82. The molecule has 1 aliphatic rings. The lowest BCUT2D eigenvalue weighted by molar-refractivity contribution is 0.0314. The van der Waals surface area contributed by atoms with Crippen LogP contribution >= 0.6 is 0 Å². The van der Waals surface area contributed by atoms with Crippen molar-refractivity contribution in [3.8, 4) is 0 Å². The number of aliphatic hydroxyl groups is 1. The average Bonchev–Trinajstić information content (AvgIpc) is 2.78. The van der Waals surface area contributed by atoms with Gasteiger partial charge in [-0.25, -0.2) is 13.1 Å². The molecule has 2 rings (SSSR count). The Hall–Kier alpha value is -1.15. The van der Waals surface area contributed by atoms with Crippen LogP contribution in [0, 0.1) is 6.92 Å². The molecule has 0 bridgehead atoms. The maximum Gasteiger partial charge on any atom is 0.240 e. The lowest BCUT2D eigenvalue weighted by Gasteiger charge is -2.20. The minimum absolute atomic E-state index is 0.0664. The van der Waals surface area contributed by atoms with Crippen molar-refractivity contribution in [3.63, 3.8) is 0 Å². The Balaban J connectivity index is 2.11. The SMILES string of the molecule is Cc1ccc(S(=O)(=O)NCC2(O)CCOC2)cc1N. The van der Waals surface area contributed by atoms with Gasteiger partial charge in [-0.3, -0.25) is 0 Å². The molecule has 19 heavy (non-hydrogen) atoms. The van der Waals surface area contributed by atoms with Gasteiger partial charge in [0, 0.05) is 25.3 Å². The fraction of sp³-hybridized carbons (Fsp3) is 0.500. The van der Waals surface area contributed by atoms with E-state index in [1.165, 1.54) is 12.1 Å². The summed E-state index contributed by atoms with van der Waals surface area (Å²) < 4.78 is 31.6. The molecule has 106 valence electrons. The van der Waals surface area contributed by atoms with E-state index >= 15 is 0 Å². The van der Waals surface area contributed by atoms with Crippen LogP contribution < -0.4 is 10.5 Å². The Kier molecular flexibility index (Phi) is 3.82. The molecule has 1 aliphatic heterocycles. The largest absolute Gasteiger partial charge is 0.398 e. The maximum atomic E-state index is 12.1.